The lowest BCUT2D eigenvalue weighted by Gasteiger charge is -2.28. The van der Waals surface area contributed by atoms with Gasteiger partial charge >= 0.3 is 0 Å². The van der Waals surface area contributed by atoms with E-state index in [9.17, 15) is 0 Å². The van der Waals surface area contributed by atoms with Crippen LogP contribution in [0.3, 0.4) is 0 Å². The lowest BCUT2D eigenvalue weighted by Crippen LogP contribution is -2.23. The highest BCUT2D eigenvalue weighted by Gasteiger charge is 2.28. The molecule has 16 heavy (non-hydrogen) atoms. The normalized spacial score (nSPS) is 23.2. The maximum atomic E-state index is 3.37. The summed E-state index contributed by atoms with van der Waals surface area (Å²) in [6.45, 7) is 4.07. The number of hydrogen-bond donors (Lipinski definition) is 0. The predicted molar refractivity (Wildman–Crippen MR) is 69.1 cm³/mol. The number of rotatable bonds is 1. The summed E-state index contributed by atoms with van der Waals surface area (Å²) in [4.78, 5) is 0. The van der Waals surface area contributed by atoms with Gasteiger partial charge in [0.2, 0.25) is 0 Å². The molecule has 0 radical (unpaired) electrons. The van der Waals surface area contributed by atoms with E-state index in [1.807, 2.05) is 13.0 Å². The molecule has 0 bridgehead atoms. The molecule has 0 N–H and O–H groups in total. The van der Waals surface area contributed by atoms with Gasteiger partial charge in [-0.2, -0.15) is 0 Å². The summed E-state index contributed by atoms with van der Waals surface area (Å²) < 4.78 is 0. The van der Waals surface area contributed by atoms with E-state index in [1.54, 1.807) is 0 Å². The van der Waals surface area contributed by atoms with Gasteiger partial charge in [-0.15, -0.1) is 5.92 Å². The van der Waals surface area contributed by atoms with Gasteiger partial charge in [0.25, 0.3) is 0 Å². The number of hydrogen-bond acceptors (Lipinski definition) is 0. The van der Waals surface area contributed by atoms with Gasteiger partial charge in [-0.3, -0.25) is 0 Å². The second-order valence-corrected chi connectivity index (χ2v) is 4.26. The third kappa shape index (κ3) is 1.95. The van der Waals surface area contributed by atoms with Crippen LogP contribution in [0.4, 0.5) is 0 Å². The van der Waals surface area contributed by atoms with Crippen LogP contribution in [-0.2, 0) is 5.41 Å². The number of allylic oxidation sites excluding steroid dienone is 4. The Labute approximate surface area is 97.7 Å². The molecule has 0 saturated heterocycles. The maximum Gasteiger partial charge on any atom is 0.0782 e. The van der Waals surface area contributed by atoms with Crippen LogP contribution in [0.2, 0.25) is 0 Å². The monoisotopic (exact) mass is 208 g/mol. The van der Waals surface area contributed by atoms with E-state index < -0.39 is 0 Å². The molecule has 0 heterocycles. The molecule has 1 atom stereocenters. The highest BCUT2D eigenvalue weighted by molar-refractivity contribution is 5.46. The third-order valence-corrected chi connectivity index (χ3v) is 2.96. The van der Waals surface area contributed by atoms with Crippen LogP contribution in [0.5, 0.6) is 0 Å². The Morgan fingerprint density at radius 3 is 2.56 bits per heavy atom. The van der Waals surface area contributed by atoms with Crippen molar-refractivity contribution in [1.29, 1.82) is 0 Å². The Hall–Kier alpha value is -1.74. The van der Waals surface area contributed by atoms with Crippen molar-refractivity contribution in [3.05, 3.63) is 59.7 Å². The second-order valence-electron chi connectivity index (χ2n) is 4.26. The summed E-state index contributed by atoms with van der Waals surface area (Å²) in [5.74, 6) is 6.44. The quantitative estimate of drug-likeness (QED) is 0.615. The Bertz CT molecular complexity index is 480. The molecule has 0 heteroatoms. The van der Waals surface area contributed by atoms with Crippen molar-refractivity contribution in [2.45, 2.75) is 25.7 Å². The Morgan fingerprint density at radius 2 is 1.94 bits per heavy atom. The van der Waals surface area contributed by atoms with Crippen LogP contribution in [0.1, 0.15) is 25.8 Å². The van der Waals surface area contributed by atoms with Gasteiger partial charge in [-0.05, 0) is 25.8 Å². The topological polar surface area (TPSA) is 0 Å². The van der Waals surface area contributed by atoms with Gasteiger partial charge in [0, 0.05) is 0 Å². The molecule has 1 aromatic rings. The van der Waals surface area contributed by atoms with Crippen molar-refractivity contribution in [1.82, 2.24) is 0 Å². The SMILES string of the molecule is CC#CC1(c2ccccc2)C=CC=C(C)C1. The Balaban J connectivity index is 2.49. The van der Waals surface area contributed by atoms with Crippen molar-refractivity contribution in [3.63, 3.8) is 0 Å². The standard InChI is InChI=1S/C16H16/c1-3-11-16(12-7-8-14(2)13-16)15-9-5-4-6-10-15/h4-10,12H,13H2,1-2H3. The van der Waals surface area contributed by atoms with Gasteiger partial charge < -0.3 is 0 Å². The zero-order valence-electron chi connectivity index (χ0n) is 9.83. The predicted octanol–water partition coefficient (Wildman–Crippen LogP) is 3.85. The fraction of sp³-hybridized carbons (Fsp3) is 0.250. The molecule has 0 saturated carbocycles. The summed E-state index contributed by atoms with van der Waals surface area (Å²) in [5.41, 5.74) is 2.55. The first-order valence-corrected chi connectivity index (χ1v) is 5.61. The molecule has 1 aliphatic carbocycles. The average molecular weight is 208 g/mol. The molecule has 0 aromatic heterocycles. The third-order valence-electron chi connectivity index (χ3n) is 2.96. The Kier molecular flexibility index (Phi) is 2.97. The largest absolute Gasteiger partial charge is 0.105 e. The van der Waals surface area contributed by atoms with E-state index in [0.29, 0.717) is 0 Å². The van der Waals surface area contributed by atoms with Crippen LogP contribution >= 0.6 is 0 Å². The molecule has 1 aromatic carbocycles. The minimum atomic E-state index is -0.116. The molecule has 80 valence electrons. The van der Waals surface area contributed by atoms with E-state index in [-0.39, 0.29) is 5.41 Å². The zero-order valence-corrected chi connectivity index (χ0v) is 9.83. The highest BCUT2D eigenvalue weighted by atomic mass is 14.3. The van der Waals surface area contributed by atoms with Crippen LogP contribution in [-0.4, -0.2) is 0 Å². The summed E-state index contributed by atoms with van der Waals surface area (Å²) in [6, 6.07) is 10.5. The van der Waals surface area contributed by atoms with E-state index >= 15 is 0 Å². The molecular weight excluding hydrogens is 192 g/mol. The zero-order chi connectivity index (χ0) is 11.4. The molecule has 0 aliphatic heterocycles. The average Bonchev–Trinajstić information content (AvgIpc) is 2.31. The molecule has 0 fully saturated rings. The van der Waals surface area contributed by atoms with Crippen LogP contribution in [0.25, 0.3) is 0 Å². The van der Waals surface area contributed by atoms with E-state index in [2.05, 4.69) is 61.3 Å². The summed E-state index contributed by atoms with van der Waals surface area (Å²) in [7, 11) is 0. The van der Waals surface area contributed by atoms with E-state index in [0.717, 1.165) is 6.42 Å². The first kappa shape index (κ1) is 10.8. The molecule has 0 nitrogen and oxygen atoms in total. The van der Waals surface area contributed by atoms with E-state index in [1.165, 1.54) is 11.1 Å². The maximum absolute atomic E-state index is 3.37. The van der Waals surface area contributed by atoms with Crippen molar-refractivity contribution in [2.24, 2.45) is 0 Å². The van der Waals surface area contributed by atoms with Gasteiger partial charge in [0.15, 0.2) is 0 Å². The lowest BCUT2D eigenvalue weighted by atomic mass is 9.74. The van der Waals surface area contributed by atoms with Crippen LogP contribution < -0.4 is 0 Å². The molecule has 1 unspecified atom stereocenters. The summed E-state index contributed by atoms with van der Waals surface area (Å²) in [6.07, 6.45) is 7.49. The van der Waals surface area contributed by atoms with Gasteiger partial charge in [0.1, 0.15) is 0 Å². The fourth-order valence-corrected chi connectivity index (χ4v) is 2.25. The fourth-order valence-electron chi connectivity index (χ4n) is 2.25. The van der Waals surface area contributed by atoms with Crippen molar-refractivity contribution < 1.29 is 0 Å². The number of benzene rings is 1. The summed E-state index contributed by atoms with van der Waals surface area (Å²) >= 11 is 0. The van der Waals surface area contributed by atoms with Crippen molar-refractivity contribution >= 4 is 0 Å². The summed E-state index contributed by atoms with van der Waals surface area (Å²) in [5, 5.41) is 0. The molecule has 0 spiro atoms. The first-order chi connectivity index (χ1) is 7.77. The Morgan fingerprint density at radius 1 is 1.19 bits per heavy atom. The second kappa shape index (κ2) is 4.41. The smallest absolute Gasteiger partial charge is 0.0782 e. The van der Waals surface area contributed by atoms with Gasteiger partial charge in [0.05, 0.1) is 5.41 Å². The van der Waals surface area contributed by atoms with Crippen LogP contribution in [0.15, 0.2) is 54.1 Å². The van der Waals surface area contributed by atoms with Gasteiger partial charge in [-0.25, -0.2) is 0 Å². The minimum absolute atomic E-state index is 0.116. The van der Waals surface area contributed by atoms with Gasteiger partial charge in [-0.1, -0.05) is 60.1 Å². The van der Waals surface area contributed by atoms with Crippen LogP contribution in [0, 0.1) is 11.8 Å². The molecule has 0 amide bonds. The van der Waals surface area contributed by atoms with Crippen molar-refractivity contribution in [2.75, 3.05) is 0 Å². The molecule has 2 rings (SSSR count). The minimum Gasteiger partial charge on any atom is -0.105 e. The molecular formula is C16H16. The first-order valence-electron chi connectivity index (χ1n) is 5.61. The van der Waals surface area contributed by atoms with E-state index in [4.69, 9.17) is 0 Å². The highest BCUT2D eigenvalue weighted by Crippen LogP contribution is 2.34. The lowest BCUT2D eigenvalue weighted by molar-refractivity contribution is 0.675. The molecule has 1 aliphatic rings. The van der Waals surface area contributed by atoms with Crippen molar-refractivity contribution in [3.8, 4) is 11.8 Å².